The second-order valence-corrected chi connectivity index (χ2v) is 5.95. The van der Waals surface area contributed by atoms with Gasteiger partial charge in [-0.3, -0.25) is 0 Å². The van der Waals surface area contributed by atoms with Gasteiger partial charge in [0, 0.05) is 22.1 Å². The van der Waals surface area contributed by atoms with Crippen LogP contribution < -0.4 is 4.74 Å². The summed E-state index contributed by atoms with van der Waals surface area (Å²) >= 11 is 7.22. The van der Waals surface area contributed by atoms with Crippen molar-refractivity contribution in [2.75, 3.05) is 17.3 Å². The maximum atomic E-state index is 5.72. The number of halogens is 2. The molecule has 0 bridgehead atoms. The highest BCUT2D eigenvalue weighted by molar-refractivity contribution is 9.09. The van der Waals surface area contributed by atoms with Crippen LogP contribution in [0, 0.1) is 5.41 Å². The summed E-state index contributed by atoms with van der Waals surface area (Å²) in [6.07, 6.45) is 1.15. The minimum atomic E-state index is 0.297. The number of para-hydroxylation sites is 1. The molecule has 1 aliphatic rings. The van der Waals surface area contributed by atoms with Crippen molar-refractivity contribution in [3.8, 4) is 5.75 Å². The molecule has 0 aliphatic carbocycles. The standard InChI is InChI=1S/C13H16Br2O/c1-13(8-14,9-15)6-10-7-16-12-5-3-2-4-11(10)12/h2-5,10H,6-9H2,1H3. The van der Waals surface area contributed by atoms with Gasteiger partial charge in [-0.1, -0.05) is 57.0 Å². The predicted octanol–water partition coefficient (Wildman–Crippen LogP) is 4.35. The molecule has 1 unspecified atom stereocenters. The topological polar surface area (TPSA) is 9.23 Å². The van der Waals surface area contributed by atoms with Crippen molar-refractivity contribution >= 4 is 31.9 Å². The first kappa shape index (κ1) is 12.4. The van der Waals surface area contributed by atoms with Crippen LogP contribution in [0.4, 0.5) is 0 Å². The average Bonchev–Trinajstić information content (AvgIpc) is 2.73. The Kier molecular flexibility index (Phi) is 3.96. The summed E-state index contributed by atoms with van der Waals surface area (Å²) in [5.74, 6) is 1.61. The lowest BCUT2D eigenvalue weighted by atomic mass is 9.82. The van der Waals surface area contributed by atoms with Gasteiger partial charge >= 0.3 is 0 Å². The summed E-state index contributed by atoms with van der Waals surface area (Å²) in [4.78, 5) is 0. The number of hydrogen-bond acceptors (Lipinski definition) is 1. The second-order valence-electron chi connectivity index (χ2n) is 4.83. The molecular weight excluding hydrogens is 332 g/mol. The first-order chi connectivity index (χ1) is 7.68. The SMILES string of the molecule is CC(CBr)(CBr)CC1COc2ccccc21. The van der Waals surface area contributed by atoms with Crippen molar-refractivity contribution in [1.82, 2.24) is 0 Å². The lowest BCUT2D eigenvalue weighted by Gasteiger charge is -2.27. The number of ether oxygens (including phenoxy) is 1. The van der Waals surface area contributed by atoms with Crippen molar-refractivity contribution in [2.45, 2.75) is 19.3 Å². The lowest BCUT2D eigenvalue weighted by Crippen LogP contribution is -2.24. The highest BCUT2D eigenvalue weighted by Gasteiger charge is 2.31. The molecule has 0 fully saturated rings. The van der Waals surface area contributed by atoms with Crippen molar-refractivity contribution in [3.05, 3.63) is 29.8 Å². The van der Waals surface area contributed by atoms with Gasteiger partial charge < -0.3 is 4.74 Å². The van der Waals surface area contributed by atoms with Crippen LogP contribution in [-0.2, 0) is 0 Å². The van der Waals surface area contributed by atoms with Crippen LogP contribution in [0.3, 0.4) is 0 Å². The Morgan fingerprint density at radius 2 is 2.00 bits per heavy atom. The Bertz CT molecular complexity index is 361. The van der Waals surface area contributed by atoms with E-state index in [1.807, 2.05) is 6.07 Å². The molecule has 0 amide bonds. The summed E-state index contributed by atoms with van der Waals surface area (Å²) in [7, 11) is 0. The third-order valence-corrected chi connectivity index (χ3v) is 5.89. The summed E-state index contributed by atoms with van der Waals surface area (Å²) in [6, 6.07) is 8.39. The molecule has 0 saturated carbocycles. The van der Waals surface area contributed by atoms with Crippen LogP contribution >= 0.6 is 31.9 Å². The van der Waals surface area contributed by atoms with Gasteiger partial charge in [0.1, 0.15) is 5.75 Å². The molecule has 0 saturated heterocycles. The van der Waals surface area contributed by atoms with Gasteiger partial charge in [-0.25, -0.2) is 0 Å². The van der Waals surface area contributed by atoms with E-state index in [9.17, 15) is 0 Å². The van der Waals surface area contributed by atoms with Gasteiger partial charge in [0.2, 0.25) is 0 Å². The Labute approximate surface area is 114 Å². The van der Waals surface area contributed by atoms with Gasteiger partial charge in [-0.2, -0.15) is 0 Å². The van der Waals surface area contributed by atoms with Crippen LogP contribution in [0.15, 0.2) is 24.3 Å². The predicted molar refractivity (Wildman–Crippen MR) is 75.0 cm³/mol. The maximum Gasteiger partial charge on any atom is 0.122 e. The first-order valence-electron chi connectivity index (χ1n) is 5.52. The molecule has 3 heteroatoms. The molecule has 88 valence electrons. The third kappa shape index (κ3) is 2.45. The molecule has 0 N–H and O–H groups in total. The summed E-state index contributed by atoms with van der Waals surface area (Å²) in [5.41, 5.74) is 1.67. The van der Waals surface area contributed by atoms with Gasteiger partial charge in [0.25, 0.3) is 0 Å². The molecule has 1 nitrogen and oxygen atoms in total. The summed E-state index contributed by atoms with van der Waals surface area (Å²) < 4.78 is 5.72. The van der Waals surface area contributed by atoms with Crippen LogP contribution in [0.1, 0.15) is 24.8 Å². The average molecular weight is 348 g/mol. The van der Waals surface area contributed by atoms with E-state index in [-0.39, 0.29) is 0 Å². The molecule has 0 spiro atoms. The minimum Gasteiger partial charge on any atom is -0.493 e. The smallest absolute Gasteiger partial charge is 0.122 e. The molecule has 1 aliphatic heterocycles. The second kappa shape index (κ2) is 5.09. The number of benzene rings is 1. The molecule has 2 rings (SSSR count). The van der Waals surface area contributed by atoms with E-state index in [4.69, 9.17) is 4.74 Å². The van der Waals surface area contributed by atoms with Crippen molar-refractivity contribution in [2.24, 2.45) is 5.41 Å². The zero-order chi connectivity index (χ0) is 11.6. The van der Waals surface area contributed by atoms with Gasteiger partial charge in [0.15, 0.2) is 0 Å². The Hall–Kier alpha value is -0.0200. The molecule has 1 aromatic rings. The number of fused-ring (bicyclic) bond motifs is 1. The third-order valence-electron chi connectivity index (χ3n) is 3.18. The summed E-state index contributed by atoms with van der Waals surface area (Å²) in [6.45, 7) is 3.13. The molecule has 16 heavy (non-hydrogen) atoms. The van der Waals surface area contributed by atoms with E-state index in [1.54, 1.807) is 0 Å². The van der Waals surface area contributed by atoms with E-state index in [1.165, 1.54) is 5.56 Å². The van der Waals surface area contributed by atoms with E-state index >= 15 is 0 Å². The van der Waals surface area contributed by atoms with Crippen LogP contribution in [-0.4, -0.2) is 17.3 Å². The highest BCUT2D eigenvalue weighted by atomic mass is 79.9. The quantitative estimate of drug-likeness (QED) is 0.736. The molecular formula is C13H16Br2O. The van der Waals surface area contributed by atoms with Crippen LogP contribution in [0.25, 0.3) is 0 Å². The maximum absolute atomic E-state index is 5.72. The molecule has 1 atom stereocenters. The molecule has 1 aromatic carbocycles. The first-order valence-corrected chi connectivity index (χ1v) is 7.76. The Balaban J connectivity index is 2.14. The molecule has 1 heterocycles. The Morgan fingerprint density at radius 3 is 2.69 bits per heavy atom. The monoisotopic (exact) mass is 346 g/mol. The lowest BCUT2D eigenvalue weighted by molar-refractivity contribution is 0.283. The van der Waals surface area contributed by atoms with Crippen LogP contribution in [0.2, 0.25) is 0 Å². The number of hydrogen-bond donors (Lipinski definition) is 0. The number of alkyl halides is 2. The molecule has 0 aromatic heterocycles. The zero-order valence-corrected chi connectivity index (χ0v) is 12.6. The van der Waals surface area contributed by atoms with E-state index < -0.39 is 0 Å². The van der Waals surface area contributed by atoms with E-state index in [0.29, 0.717) is 11.3 Å². The summed E-state index contributed by atoms with van der Waals surface area (Å²) in [5, 5.41) is 2.04. The van der Waals surface area contributed by atoms with Gasteiger partial charge in [-0.15, -0.1) is 0 Å². The normalized spacial score (nSPS) is 19.3. The molecule has 0 radical (unpaired) electrons. The highest BCUT2D eigenvalue weighted by Crippen LogP contribution is 2.41. The number of rotatable bonds is 4. The minimum absolute atomic E-state index is 0.297. The fraction of sp³-hybridized carbons (Fsp3) is 0.538. The van der Waals surface area contributed by atoms with Crippen molar-refractivity contribution < 1.29 is 4.74 Å². The van der Waals surface area contributed by atoms with Gasteiger partial charge in [-0.05, 0) is 17.9 Å². The van der Waals surface area contributed by atoms with Crippen molar-refractivity contribution in [3.63, 3.8) is 0 Å². The van der Waals surface area contributed by atoms with E-state index in [0.717, 1.165) is 29.4 Å². The van der Waals surface area contributed by atoms with E-state index in [2.05, 4.69) is 57.0 Å². The largest absolute Gasteiger partial charge is 0.493 e. The fourth-order valence-electron chi connectivity index (χ4n) is 2.14. The van der Waals surface area contributed by atoms with Crippen LogP contribution in [0.5, 0.6) is 5.75 Å². The zero-order valence-electron chi connectivity index (χ0n) is 9.38. The fourth-order valence-corrected chi connectivity index (χ4v) is 3.52. The van der Waals surface area contributed by atoms with Gasteiger partial charge in [0.05, 0.1) is 6.61 Å². The van der Waals surface area contributed by atoms with Crippen molar-refractivity contribution in [1.29, 1.82) is 0 Å². The Morgan fingerprint density at radius 1 is 1.31 bits per heavy atom.